The monoisotopic (exact) mass is 309 g/mol. The van der Waals surface area contributed by atoms with Crippen LogP contribution in [0.2, 0.25) is 0 Å². The third kappa shape index (κ3) is 2.80. The maximum absolute atomic E-state index is 10.8. The molecule has 7 nitrogen and oxygen atoms in total. The minimum absolute atomic E-state index is 0.0447. The minimum Gasteiger partial charge on any atom is -0.506 e. The number of azo groups is 1. The largest absolute Gasteiger partial charge is 0.506 e. The maximum atomic E-state index is 10.8. The van der Waals surface area contributed by atoms with Crippen molar-refractivity contribution in [2.24, 2.45) is 10.2 Å². The van der Waals surface area contributed by atoms with Crippen LogP contribution in [0.3, 0.4) is 0 Å². The van der Waals surface area contributed by atoms with Crippen LogP contribution in [0.5, 0.6) is 11.5 Å². The fraction of sp³-hybridized carbons (Fsp3) is 0. The van der Waals surface area contributed by atoms with Gasteiger partial charge in [-0.15, -0.1) is 10.2 Å². The lowest BCUT2D eigenvalue weighted by molar-refractivity contribution is -0.384. The normalized spacial score (nSPS) is 11.1. The van der Waals surface area contributed by atoms with Crippen LogP contribution in [0.15, 0.2) is 64.8 Å². The summed E-state index contributed by atoms with van der Waals surface area (Å²) in [4.78, 5) is 10.2. The van der Waals surface area contributed by atoms with Gasteiger partial charge in [0.25, 0.3) is 5.69 Å². The first-order chi connectivity index (χ1) is 11.1. The van der Waals surface area contributed by atoms with E-state index in [0.717, 1.165) is 11.5 Å². The molecule has 0 unspecified atom stereocenters. The standard InChI is InChI=1S/C16H11N3O4/c20-15-8-6-11(19(22)23)9-14(15)18-17-13-7-5-10-3-1-2-4-12(10)16(13)21/h1-9,20-21H. The summed E-state index contributed by atoms with van der Waals surface area (Å²) in [7, 11) is 0. The predicted octanol–water partition coefficient (Wildman–Crippen LogP) is 4.57. The smallest absolute Gasteiger partial charge is 0.271 e. The molecule has 0 aliphatic heterocycles. The number of hydrogen-bond donors (Lipinski definition) is 2. The second-order valence-corrected chi connectivity index (χ2v) is 4.78. The van der Waals surface area contributed by atoms with Crippen molar-refractivity contribution in [1.82, 2.24) is 0 Å². The number of hydrogen-bond acceptors (Lipinski definition) is 6. The van der Waals surface area contributed by atoms with Gasteiger partial charge in [0.2, 0.25) is 0 Å². The highest BCUT2D eigenvalue weighted by atomic mass is 16.6. The molecule has 23 heavy (non-hydrogen) atoms. The summed E-state index contributed by atoms with van der Waals surface area (Å²) >= 11 is 0. The predicted molar refractivity (Wildman–Crippen MR) is 84.6 cm³/mol. The summed E-state index contributed by atoms with van der Waals surface area (Å²) < 4.78 is 0. The molecule has 0 bridgehead atoms. The van der Waals surface area contributed by atoms with Gasteiger partial charge in [0.05, 0.1) is 4.92 Å². The van der Waals surface area contributed by atoms with Gasteiger partial charge in [0, 0.05) is 17.5 Å². The summed E-state index contributed by atoms with van der Waals surface area (Å²) in [6, 6.07) is 14.0. The van der Waals surface area contributed by atoms with Crippen molar-refractivity contribution in [1.29, 1.82) is 0 Å². The number of phenolic OH excluding ortho intramolecular Hbond substituents is 2. The molecule has 2 N–H and O–H groups in total. The Kier molecular flexibility index (Phi) is 3.60. The van der Waals surface area contributed by atoms with E-state index in [0.29, 0.717) is 5.39 Å². The summed E-state index contributed by atoms with van der Waals surface area (Å²) in [5, 5.41) is 39.8. The SMILES string of the molecule is O=[N+]([O-])c1ccc(O)c(N=Nc2ccc3ccccc3c2O)c1. The molecule has 0 radical (unpaired) electrons. The number of nitrogens with zero attached hydrogens (tertiary/aromatic N) is 3. The molecule has 3 aromatic carbocycles. The van der Waals surface area contributed by atoms with Crippen molar-refractivity contribution < 1.29 is 15.1 Å². The van der Waals surface area contributed by atoms with E-state index in [2.05, 4.69) is 10.2 Å². The number of phenols is 2. The van der Waals surface area contributed by atoms with E-state index in [9.17, 15) is 20.3 Å². The van der Waals surface area contributed by atoms with Crippen LogP contribution >= 0.6 is 0 Å². The zero-order valence-corrected chi connectivity index (χ0v) is 11.7. The highest BCUT2D eigenvalue weighted by molar-refractivity contribution is 5.92. The van der Waals surface area contributed by atoms with Gasteiger partial charge in [0.15, 0.2) is 5.75 Å². The Morgan fingerprint density at radius 2 is 1.65 bits per heavy atom. The maximum Gasteiger partial charge on any atom is 0.271 e. The molecule has 0 aromatic heterocycles. The van der Waals surface area contributed by atoms with Gasteiger partial charge in [-0.2, -0.15) is 0 Å². The van der Waals surface area contributed by atoms with E-state index < -0.39 is 4.92 Å². The van der Waals surface area contributed by atoms with Crippen molar-refractivity contribution in [3.8, 4) is 11.5 Å². The van der Waals surface area contributed by atoms with Crippen LogP contribution in [0.4, 0.5) is 17.1 Å². The molecule has 0 heterocycles. The fourth-order valence-electron chi connectivity index (χ4n) is 2.14. The Bertz CT molecular complexity index is 938. The molecule has 3 aromatic rings. The van der Waals surface area contributed by atoms with E-state index >= 15 is 0 Å². The number of nitro benzene ring substituents is 1. The van der Waals surface area contributed by atoms with E-state index in [1.54, 1.807) is 24.3 Å². The summed E-state index contributed by atoms with van der Waals surface area (Å²) in [6.45, 7) is 0. The van der Waals surface area contributed by atoms with Crippen LogP contribution < -0.4 is 0 Å². The van der Waals surface area contributed by atoms with E-state index in [1.807, 2.05) is 12.1 Å². The molecular formula is C16H11N3O4. The molecule has 0 saturated carbocycles. The second-order valence-electron chi connectivity index (χ2n) is 4.78. The van der Waals surface area contributed by atoms with Gasteiger partial charge >= 0.3 is 0 Å². The van der Waals surface area contributed by atoms with Crippen LogP contribution in [0.1, 0.15) is 0 Å². The van der Waals surface area contributed by atoms with Crippen molar-refractivity contribution >= 4 is 27.8 Å². The highest BCUT2D eigenvalue weighted by Gasteiger charge is 2.10. The average Bonchev–Trinajstić information content (AvgIpc) is 2.55. The first-order valence-corrected chi connectivity index (χ1v) is 6.66. The molecule has 0 aliphatic rings. The Morgan fingerprint density at radius 3 is 2.43 bits per heavy atom. The number of fused-ring (bicyclic) bond motifs is 1. The Morgan fingerprint density at radius 1 is 0.913 bits per heavy atom. The van der Waals surface area contributed by atoms with Crippen molar-refractivity contribution in [2.45, 2.75) is 0 Å². The van der Waals surface area contributed by atoms with E-state index in [1.165, 1.54) is 12.1 Å². The molecule has 0 amide bonds. The van der Waals surface area contributed by atoms with Crippen molar-refractivity contribution in [3.63, 3.8) is 0 Å². The summed E-state index contributed by atoms with van der Waals surface area (Å²) in [5.74, 6) is -0.281. The molecule has 0 atom stereocenters. The Hall–Kier alpha value is -3.48. The summed E-state index contributed by atoms with van der Waals surface area (Å²) in [6.07, 6.45) is 0. The lowest BCUT2D eigenvalue weighted by Gasteiger charge is -2.03. The zero-order valence-electron chi connectivity index (χ0n) is 11.7. The topological polar surface area (TPSA) is 108 Å². The Labute approximate surface area is 130 Å². The van der Waals surface area contributed by atoms with E-state index in [-0.39, 0.29) is 28.6 Å². The fourth-order valence-corrected chi connectivity index (χ4v) is 2.14. The number of aromatic hydroxyl groups is 2. The first-order valence-electron chi connectivity index (χ1n) is 6.66. The molecular weight excluding hydrogens is 298 g/mol. The summed E-state index contributed by atoms with van der Waals surface area (Å²) in [5.41, 5.74) is -0.0548. The number of rotatable bonds is 3. The molecule has 0 aliphatic carbocycles. The van der Waals surface area contributed by atoms with Gasteiger partial charge in [0.1, 0.15) is 17.1 Å². The second kappa shape index (κ2) is 5.72. The van der Waals surface area contributed by atoms with Crippen LogP contribution in [0, 0.1) is 10.1 Å². The molecule has 0 saturated heterocycles. The van der Waals surface area contributed by atoms with Gasteiger partial charge in [-0.25, -0.2) is 0 Å². The van der Waals surface area contributed by atoms with Gasteiger partial charge < -0.3 is 10.2 Å². The minimum atomic E-state index is -0.591. The van der Waals surface area contributed by atoms with Gasteiger partial charge in [-0.1, -0.05) is 30.3 Å². The number of nitro groups is 1. The lowest BCUT2D eigenvalue weighted by atomic mass is 10.1. The molecule has 7 heteroatoms. The Balaban J connectivity index is 2.02. The van der Waals surface area contributed by atoms with Gasteiger partial charge in [-0.05, 0) is 17.5 Å². The number of non-ortho nitro benzene ring substituents is 1. The van der Waals surface area contributed by atoms with Crippen LogP contribution in [0.25, 0.3) is 10.8 Å². The quantitative estimate of drug-likeness (QED) is 0.419. The van der Waals surface area contributed by atoms with E-state index in [4.69, 9.17) is 0 Å². The molecule has 0 spiro atoms. The lowest BCUT2D eigenvalue weighted by Crippen LogP contribution is -1.86. The first kappa shape index (κ1) is 14.5. The average molecular weight is 309 g/mol. The zero-order chi connectivity index (χ0) is 16.4. The molecule has 0 fully saturated rings. The third-order valence-corrected chi connectivity index (χ3v) is 3.31. The van der Waals surface area contributed by atoms with Crippen molar-refractivity contribution in [3.05, 3.63) is 64.7 Å². The number of benzene rings is 3. The van der Waals surface area contributed by atoms with Crippen LogP contribution in [-0.4, -0.2) is 15.1 Å². The molecule has 114 valence electrons. The van der Waals surface area contributed by atoms with Gasteiger partial charge in [-0.3, -0.25) is 10.1 Å². The highest BCUT2D eigenvalue weighted by Crippen LogP contribution is 2.37. The van der Waals surface area contributed by atoms with Crippen LogP contribution in [-0.2, 0) is 0 Å². The molecule has 3 rings (SSSR count). The third-order valence-electron chi connectivity index (χ3n) is 3.31. The van der Waals surface area contributed by atoms with Crippen molar-refractivity contribution in [2.75, 3.05) is 0 Å².